The lowest BCUT2D eigenvalue weighted by Crippen LogP contribution is -2.53. The van der Waals surface area contributed by atoms with Crippen molar-refractivity contribution in [3.63, 3.8) is 0 Å². The second kappa shape index (κ2) is 32.5. The summed E-state index contributed by atoms with van der Waals surface area (Å²) in [6, 6.07) is 202. The zero-order valence-corrected chi connectivity index (χ0v) is 81.0. The van der Waals surface area contributed by atoms with E-state index in [0.717, 1.165) is 0 Å². The van der Waals surface area contributed by atoms with Crippen LogP contribution < -0.4 is 65.6 Å². The summed E-state index contributed by atoms with van der Waals surface area (Å²) < 4.78 is 0. The van der Waals surface area contributed by atoms with Crippen LogP contribution in [-0.4, -0.2) is 26.9 Å². The molecule has 0 saturated carbocycles. The third kappa shape index (κ3) is 13.2. The lowest BCUT2D eigenvalue weighted by atomic mass is 9.34. The Morgan fingerprint density at radius 3 is 0.581 bits per heavy atom. The van der Waals surface area contributed by atoms with Crippen LogP contribution in [0.5, 0.6) is 0 Å². The normalized spacial score (nSPS) is 12.2. The van der Waals surface area contributed by atoms with E-state index in [-0.39, 0.29) is 26.9 Å². The van der Waals surface area contributed by atoms with Crippen molar-refractivity contribution in [3.8, 4) is 11.1 Å². The summed E-state index contributed by atoms with van der Waals surface area (Å²) in [7, 11) is 0. The molecule has 0 aliphatic heterocycles. The minimum absolute atomic E-state index is 0.0864. The summed E-state index contributed by atoms with van der Waals surface area (Å²) in [5, 5.41) is 54.7. The molecular formula is C144H86B4. The number of hydrogen-bond acceptors (Lipinski definition) is 0. The summed E-state index contributed by atoms with van der Waals surface area (Å²) in [5.41, 5.74) is 17.7. The first-order chi connectivity index (χ1) is 73.2. The molecule has 0 unspecified atom stereocenters. The molecule has 0 aliphatic rings. The third-order valence-electron chi connectivity index (χ3n) is 33.8. The Morgan fingerprint density at radius 2 is 0.284 bits per heavy atom. The second-order valence-electron chi connectivity index (χ2n) is 41.9. The van der Waals surface area contributed by atoms with Gasteiger partial charge in [-0.2, -0.15) is 0 Å². The maximum atomic E-state index is 2.59. The van der Waals surface area contributed by atoms with Gasteiger partial charge in [-0.05, 0) is 357 Å². The molecule has 0 heterocycles. The molecule has 32 aromatic rings. The van der Waals surface area contributed by atoms with Crippen molar-refractivity contribution in [2.75, 3.05) is 0 Å². The van der Waals surface area contributed by atoms with Gasteiger partial charge in [0.1, 0.15) is 0 Å². The van der Waals surface area contributed by atoms with Crippen LogP contribution >= 0.6 is 0 Å². The lowest BCUT2D eigenvalue weighted by Gasteiger charge is -2.25. The van der Waals surface area contributed by atoms with Crippen molar-refractivity contribution in [2.45, 2.75) is 0 Å². The summed E-state index contributed by atoms with van der Waals surface area (Å²) >= 11 is 0. The number of hydrogen-bond donors (Lipinski definition) is 0. The Morgan fingerprint density at radius 1 is 0.0878 bits per heavy atom. The van der Waals surface area contributed by atoms with Gasteiger partial charge in [0.15, 0.2) is 0 Å². The van der Waals surface area contributed by atoms with E-state index in [1.807, 2.05) is 0 Å². The lowest BCUT2D eigenvalue weighted by molar-refractivity contribution is 1.70. The van der Waals surface area contributed by atoms with E-state index in [2.05, 4.69) is 522 Å². The summed E-state index contributed by atoms with van der Waals surface area (Å²) in [4.78, 5) is 0. The van der Waals surface area contributed by atoms with Crippen molar-refractivity contribution in [1.29, 1.82) is 0 Å². The minimum atomic E-state index is -0.252. The fourth-order valence-corrected chi connectivity index (χ4v) is 26.8. The first-order valence-corrected chi connectivity index (χ1v) is 52.1. The monoisotopic (exact) mass is 1860 g/mol. The molecule has 0 aliphatic carbocycles. The van der Waals surface area contributed by atoms with E-state index in [9.17, 15) is 0 Å². The maximum Gasteiger partial charge on any atom is 0.243 e. The van der Waals surface area contributed by atoms with Crippen LogP contribution in [0.4, 0.5) is 0 Å². The quantitative estimate of drug-likeness (QED) is 0.0613. The average Bonchev–Trinajstić information content (AvgIpc) is 0.711. The van der Waals surface area contributed by atoms with Crippen molar-refractivity contribution >= 4 is 329 Å². The van der Waals surface area contributed by atoms with Crippen LogP contribution in [0.15, 0.2) is 522 Å². The number of benzene rings is 32. The molecule has 0 atom stereocenters. The summed E-state index contributed by atoms with van der Waals surface area (Å²) in [6.45, 7) is -0.628. The van der Waals surface area contributed by atoms with Crippen LogP contribution in [0.3, 0.4) is 0 Å². The van der Waals surface area contributed by atoms with Crippen molar-refractivity contribution < 1.29 is 0 Å². The molecule has 148 heavy (non-hydrogen) atoms. The van der Waals surface area contributed by atoms with Gasteiger partial charge in [0.2, 0.25) is 26.9 Å². The van der Waals surface area contributed by atoms with Crippen LogP contribution in [-0.2, 0) is 0 Å². The minimum Gasteiger partial charge on any atom is -0.0680 e. The van der Waals surface area contributed by atoms with E-state index in [1.165, 1.54) is 314 Å². The zero-order valence-electron chi connectivity index (χ0n) is 81.0. The van der Waals surface area contributed by atoms with Gasteiger partial charge in [0.25, 0.3) is 0 Å². The number of rotatable bonds is 13. The number of fused-ring (bicyclic) bond motifs is 16. The standard InChI is InChI=1S/C144H86B4/c1-4-24-97-70-115-78-121(52-44-107(115)64-91(97)18-1)145(122-53-45-108-65-92-19-2-5-25-98(92)71-116(108)79-122)136-60-48-87-38-39-88-49-61-137(126-57-56-125(136)141(87)142(88)126)146(123-54-46-109-66-93-20-3-6-26-99(93)72-117(109)80-123)124-55-47-110-74-114-73-106(43-42-105(114)75-118(110)81-124)119-77-120-76-100-27-10-14-31-104(100)85-132(120)140(86-119)148(135-37-17-34-113-69-96-23-9-13-30-103(96)84-131(113)135)139-63-51-90-41-40-89-50-62-138(127-58-59-128(139)144(90)143(89)127)147(133-35-15-32-111-67-94-21-7-11-28-101(94)82-129(111)133)134-36-16-33-112-68-95-22-8-12-29-102(95)83-130(112)134/h1-86H. The molecule has 0 fully saturated rings. The Balaban J connectivity index is 0.563. The molecule has 0 aromatic heterocycles. The molecule has 32 rings (SSSR count). The van der Waals surface area contributed by atoms with Gasteiger partial charge in [-0.15, -0.1) is 0 Å². The molecule has 0 spiro atoms. The topological polar surface area (TPSA) is 0 Å². The summed E-state index contributed by atoms with van der Waals surface area (Å²) in [5.74, 6) is 0. The molecule has 0 radical (unpaired) electrons. The predicted octanol–water partition coefficient (Wildman–Crippen LogP) is 29.7. The van der Waals surface area contributed by atoms with Crippen molar-refractivity contribution in [1.82, 2.24) is 0 Å². The SMILES string of the molecule is c1ccc2cc3cc(B(c4ccc5cc6ccccc6cc5c4)c4ccc5ccc6ccc(B(c7ccc8cc9ccccc9cc8c7)c7ccc8cc9cc(-c%10cc(B(c%11cccc%12cc%13ccccc%13cc%11%12)c%11ccc%12ccc%13ccc(B(c%14cccc%15cc%16ccccc%16cc%14%15)c%14cccc%15cc%16ccccc%16cc%14%15)c%14ccc%11c%12c%13%14)c%11cc%12ccccc%12cc%11c%10)ccc9cc8c7)c7ccc4c5c67)ccc3cc2c1. The molecule has 0 nitrogen and oxygen atoms in total. The zero-order chi connectivity index (χ0) is 96.6. The Kier molecular flexibility index (Phi) is 18.3. The van der Waals surface area contributed by atoms with Crippen LogP contribution in [0.25, 0.3) is 248 Å². The molecule has 0 bridgehead atoms. The Hall–Kier alpha value is -18.5. The average molecular weight is 1860 g/mol. The van der Waals surface area contributed by atoms with Gasteiger partial charge in [-0.3, -0.25) is 0 Å². The largest absolute Gasteiger partial charge is 0.243 e. The Labute approximate surface area is 855 Å². The molecule has 4 heteroatoms. The van der Waals surface area contributed by atoms with Gasteiger partial charge in [-0.1, -0.05) is 478 Å². The van der Waals surface area contributed by atoms with E-state index in [0.29, 0.717) is 0 Å². The highest BCUT2D eigenvalue weighted by Gasteiger charge is 2.35. The molecule has 674 valence electrons. The fourth-order valence-electron chi connectivity index (χ4n) is 26.8. The third-order valence-corrected chi connectivity index (χ3v) is 33.8. The van der Waals surface area contributed by atoms with Crippen LogP contribution in [0, 0.1) is 0 Å². The highest BCUT2D eigenvalue weighted by atomic mass is 14.2. The predicted molar refractivity (Wildman–Crippen MR) is 650 cm³/mol. The molecule has 0 N–H and O–H groups in total. The highest BCUT2D eigenvalue weighted by Crippen LogP contribution is 2.42. The van der Waals surface area contributed by atoms with Crippen LogP contribution in [0.2, 0.25) is 0 Å². The van der Waals surface area contributed by atoms with Gasteiger partial charge in [0, 0.05) is 0 Å². The second-order valence-corrected chi connectivity index (χ2v) is 41.9. The fraction of sp³-hybridized carbons (Fsp3) is 0. The summed E-state index contributed by atoms with van der Waals surface area (Å²) in [6.07, 6.45) is 0. The van der Waals surface area contributed by atoms with Gasteiger partial charge >= 0.3 is 0 Å². The van der Waals surface area contributed by atoms with Crippen molar-refractivity contribution in [3.05, 3.63) is 522 Å². The van der Waals surface area contributed by atoms with E-state index in [4.69, 9.17) is 0 Å². The van der Waals surface area contributed by atoms with Gasteiger partial charge in [0.05, 0.1) is 0 Å². The first kappa shape index (κ1) is 83.0. The molecule has 0 saturated heterocycles. The van der Waals surface area contributed by atoms with Gasteiger partial charge in [-0.25, -0.2) is 0 Å². The molecule has 0 amide bonds. The van der Waals surface area contributed by atoms with Gasteiger partial charge < -0.3 is 0 Å². The van der Waals surface area contributed by atoms with E-state index < -0.39 is 0 Å². The maximum absolute atomic E-state index is 2.59. The smallest absolute Gasteiger partial charge is 0.0680 e. The Bertz CT molecular complexity index is 11100. The van der Waals surface area contributed by atoms with Crippen LogP contribution in [0.1, 0.15) is 0 Å². The molecular weight excluding hydrogens is 1770 g/mol. The van der Waals surface area contributed by atoms with E-state index in [1.54, 1.807) is 0 Å². The van der Waals surface area contributed by atoms with Crippen molar-refractivity contribution in [2.24, 2.45) is 0 Å². The molecule has 32 aromatic carbocycles. The van der Waals surface area contributed by atoms with E-state index >= 15 is 0 Å². The first-order valence-electron chi connectivity index (χ1n) is 52.1. The highest BCUT2D eigenvalue weighted by molar-refractivity contribution is 7.01.